The Labute approximate surface area is 99.7 Å². The van der Waals surface area contributed by atoms with Gasteiger partial charge < -0.3 is 9.71 Å². The highest BCUT2D eigenvalue weighted by molar-refractivity contribution is 6.04. The van der Waals surface area contributed by atoms with E-state index in [1.54, 1.807) is 0 Å². The van der Waals surface area contributed by atoms with Crippen molar-refractivity contribution in [2.24, 2.45) is 0 Å². The van der Waals surface area contributed by atoms with E-state index in [9.17, 15) is 0 Å². The molecule has 2 nitrogen and oxygen atoms in total. The van der Waals surface area contributed by atoms with Crippen LogP contribution in [0.25, 0.3) is 0 Å². The normalized spacial score (nSPS) is 18.1. The van der Waals surface area contributed by atoms with Crippen molar-refractivity contribution >= 4 is 13.7 Å². The molecule has 0 bridgehead atoms. The van der Waals surface area contributed by atoms with Crippen LogP contribution in [0.4, 0.5) is 5.69 Å². The van der Waals surface area contributed by atoms with Gasteiger partial charge in [-0.05, 0) is 17.5 Å². The van der Waals surface area contributed by atoms with Gasteiger partial charge in [0.15, 0.2) is 7.98 Å². The first-order chi connectivity index (χ1) is 7.68. The van der Waals surface area contributed by atoms with Gasteiger partial charge in [-0.1, -0.05) is 32.0 Å². The maximum atomic E-state index is 5.78. The molecule has 0 atom stereocenters. The molecule has 2 rings (SSSR count). The van der Waals surface area contributed by atoms with Gasteiger partial charge in [0, 0.05) is 31.9 Å². The van der Waals surface area contributed by atoms with Crippen molar-refractivity contribution in [1.29, 1.82) is 0 Å². The molecule has 0 aliphatic carbocycles. The van der Waals surface area contributed by atoms with Crippen LogP contribution in [0.1, 0.15) is 25.3 Å². The van der Waals surface area contributed by atoms with E-state index in [1.165, 1.54) is 11.3 Å². The Kier molecular flexibility index (Phi) is 3.54. The smallest absolute Gasteiger partial charge is 0.182 e. The molecular weight excluding hydrogens is 195 g/mol. The Balaban J connectivity index is 2.19. The molecule has 0 N–H and O–H groups in total. The Morgan fingerprint density at radius 1 is 1.06 bits per heavy atom. The molecule has 1 aliphatic rings. The number of hydrogen-bond donors (Lipinski definition) is 0. The Morgan fingerprint density at radius 2 is 1.69 bits per heavy atom. The second kappa shape index (κ2) is 4.92. The van der Waals surface area contributed by atoms with Gasteiger partial charge in [-0.25, -0.2) is 0 Å². The summed E-state index contributed by atoms with van der Waals surface area (Å²) < 4.78 is 0. The molecular formula is C13H19BN2. The molecule has 84 valence electrons. The monoisotopic (exact) mass is 214 g/mol. The first-order valence-electron chi connectivity index (χ1n) is 6.02. The van der Waals surface area contributed by atoms with Crippen molar-refractivity contribution in [3.63, 3.8) is 0 Å². The number of para-hydroxylation sites is 1. The fourth-order valence-corrected chi connectivity index (χ4v) is 2.23. The summed E-state index contributed by atoms with van der Waals surface area (Å²) in [6, 6.07) is 8.70. The summed E-state index contributed by atoms with van der Waals surface area (Å²) in [4.78, 5) is 4.34. The summed E-state index contributed by atoms with van der Waals surface area (Å²) >= 11 is 0. The number of nitrogens with zero attached hydrogens (tertiary/aromatic N) is 2. The van der Waals surface area contributed by atoms with E-state index in [0.29, 0.717) is 5.92 Å². The van der Waals surface area contributed by atoms with Crippen molar-refractivity contribution in [1.82, 2.24) is 4.81 Å². The molecule has 0 amide bonds. The van der Waals surface area contributed by atoms with E-state index in [4.69, 9.17) is 7.98 Å². The van der Waals surface area contributed by atoms with Gasteiger partial charge >= 0.3 is 0 Å². The van der Waals surface area contributed by atoms with Gasteiger partial charge in [-0.2, -0.15) is 0 Å². The Morgan fingerprint density at radius 3 is 2.31 bits per heavy atom. The minimum atomic E-state index is 0.576. The zero-order valence-electron chi connectivity index (χ0n) is 10.2. The van der Waals surface area contributed by atoms with Crippen LogP contribution in [-0.4, -0.2) is 39.0 Å². The molecule has 16 heavy (non-hydrogen) atoms. The topological polar surface area (TPSA) is 6.48 Å². The molecule has 0 unspecified atom stereocenters. The van der Waals surface area contributed by atoms with Crippen LogP contribution in [-0.2, 0) is 0 Å². The van der Waals surface area contributed by atoms with E-state index < -0.39 is 0 Å². The van der Waals surface area contributed by atoms with Gasteiger partial charge in [0.05, 0.1) is 0 Å². The summed E-state index contributed by atoms with van der Waals surface area (Å²) in [6.07, 6.45) is 0. The van der Waals surface area contributed by atoms with Crippen LogP contribution in [0.15, 0.2) is 24.3 Å². The Bertz CT molecular complexity index is 344. The van der Waals surface area contributed by atoms with Gasteiger partial charge in [0.2, 0.25) is 0 Å². The lowest BCUT2D eigenvalue weighted by molar-refractivity contribution is 0.414. The number of anilines is 1. The molecule has 0 spiro atoms. The highest BCUT2D eigenvalue weighted by atomic mass is 15.2. The lowest BCUT2D eigenvalue weighted by atomic mass is 10.00. The maximum absolute atomic E-state index is 5.78. The average Bonchev–Trinajstić information content (AvgIpc) is 2.30. The highest BCUT2D eigenvalue weighted by Gasteiger charge is 2.17. The molecule has 1 heterocycles. The van der Waals surface area contributed by atoms with Gasteiger partial charge in [-0.3, -0.25) is 0 Å². The zero-order chi connectivity index (χ0) is 11.5. The van der Waals surface area contributed by atoms with Crippen LogP contribution in [0.3, 0.4) is 0 Å². The first kappa shape index (κ1) is 11.5. The van der Waals surface area contributed by atoms with Crippen molar-refractivity contribution in [3.05, 3.63) is 29.8 Å². The molecule has 1 aromatic carbocycles. The quantitative estimate of drug-likeness (QED) is 0.695. The lowest BCUT2D eigenvalue weighted by Crippen LogP contribution is -2.45. The summed E-state index contributed by atoms with van der Waals surface area (Å²) in [7, 11) is 5.78. The second-order valence-electron chi connectivity index (χ2n) is 4.74. The third-order valence-electron chi connectivity index (χ3n) is 3.21. The van der Waals surface area contributed by atoms with Crippen molar-refractivity contribution in [2.75, 3.05) is 31.1 Å². The standard InChI is InChI=1S/C13H19BN2/c1-11(2)12-5-3-4-6-13(12)15-7-9-16(14)10-8-15/h3-6,11H,7-10H2,1-2H3. The minimum Gasteiger partial charge on any atom is -0.369 e. The third-order valence-corrected chi connectivity index (χ3v) is 3.21. The van der Waals surface area contributed by atoms with Gasteiger partial charge in [0.25, 0.3) is 0 Å². The van der Waals surface area contributed by atoms with Crippen molar-refractivity contribution < 1.29 is 0 Å². The van der Waals surface area contributed by atoms with Gasteiger partial charge in [0.1, 0.15) is 0 Å². The number of benzene rings is 1. The van der Waals surface area contributed by atoms with E-state index in [0.717, 1.165) is 26.2 Å². The van der Waals surface area contributed by atoms with E-state index in [2.05, 4.69) is 43.0 Å². The van der Waals surface area contributed by atoms with Crippen molar-refractivity contribution in [3.8, 4) is 0 Å². The highest BCUT2D eigenvalue weighted by Crippen LogP contribution is 2.27. The van der Waals surface area contributed by atoms with Crippen LogP contribution < -0.4 is 4.90 Å². The predicted molar refractivity (Wildman–Crippen MR) is 70.1 cm³/mol. The molecule has 1 aliphatic heterocycles. The largest absolute Gasteiger partial charge is 0.369 e. The molecule has 1 aromatic rings. The summed E-state index contributed by atoms with van der Waals surface area (Å²) in [5, 5.41) is 0. The average molecular weight is 214 g/mol. The SMILES string of the molecule is [B]N1CCN(c2ccccc2C(C)C)CC1. The third kappa shape index (κ3) is 2.41. The summed E-state index contributed by atoms with van der Waals surface area (Å²) in [5.41, 5.74) is 2.82. The maximum Gasteiger partial charge on any atom is 0.182 e. The molecule has 3 heteroatoms. The summed E-state index contributed by atoms with van der Waals surface area (Å²) in [5.74, 6) is 0.576. The number of rotatable bonds is 2. The fraction of sp³-hybridized carbons (Fsp3) is 0.538. The van der Waals surface area contributed by atoms with Crippen LogP contribution in [0.2, 0.25) is 0 Å². The summed E-state index contributed by atoms with van der Waals surface area (Å²) in [6.45, 7) is 8.45. The van der Waals surface area contributed by atoms with E-state index in [1.807, 2.05) is 4.81 Å². The molecule has 0 saturated carbocycles. The van der Waals surface area contributed by atoms with Crippen LogP contribution in [0.5, 0.6) is 0 Å². The Hall–Kier alpha value is -0.955. The molecule has 1 fully saturated rings. The van der Waals surface area contributed by atoms with Crippen LogP contribution in [0, 0.1) is 0 Å². The minimum absolute atomic E-state index is 0.576. The predicted octanol–water partition coefficient (Wildman–Crippen LogP) is 2.02. The van der Waals surface area contributed by atoms with Crippen molar-refractivity contribution in [2.45, 2.75) is 19.8 Å². The first-order valence-corrected chi connectivity index (χ1v) is 6.02. The fourth-order valence-electron chi connectivity index (χ4n) is 2.23. The van der Waals surface area contributed by atoms with Crippen LogP contribution >= 0.6 is 0 Å². The lowest BCUT2D eigenvalue weighted by Gasteiger charge is -2.36. The second-order valence-corrected chi connectivity index (χ2v) is 4.74. The molecule has 0 aromatic heterocycles. The van der Waals surface area contributed by atoms with Gasteiger partial charge in [-0.15, -0.1) is 0 Å². The number of piperazine rings is 1. The number of hydrogen-bond acceptors (Lipinski definition) is 2. The van der Waals surface area contributed by atoms with E-state index in [-0.39, 0.29) is 0 Å². The molecule has 2 radical (unpaired) electrons. The van der Waals surface area contributed by atoms with E-state index >= 15 is 0 Å². The zero-order valence-corrected chi connectivity index (χ0v) is 10.2. The molecule has 1 saturated heterocycles.